The monoisotopic (exact) mass is 238 g/mol. The molecular weight excluding hydrogens is 208 g/mol. The summed E-state index contributed by atoms with van der Waals surface area (Å²) in [6.45, 7) is 11.6. The van der Waals surface area contributed by atoms with E-state index in [2.05, 4.69) is 34.6 Å². The summed E-state index contributed by atoms with van der Waals surface area (Å²) in [5.41, 5.74) is 0.643. The van der Waals surface area contributed by atoms with Crippen molar-refractivity contribution < 1.29 is 5.11 Å². The van der Waals surface area contributed by atoms with Gasteiger partial charge in [0.2, 0.25) is 0 Å². The fraction of sp³-hybridized carbons (Fsp3) is 1.00. The van der Waals surface area contributed by atoms with E-state index in [0.717, 1.165) is 5.92 Å². The second-order valence-corrected chi connectivity index (χ2v) is 7.53. The highest BCUT2D eigenvalue weighted by Gasteiger charge is 2.68. The average molecular weight is 238 g/mol. The number of hydrogen-bond acceptors (Lipinski definition) is 1. The molecule has 2 aliphatic rings. The van der Waals surface area contributed by atoms with Crippen molar-refractivity contribution in [3.63, 3.8) is 0 Å². The van der Waals surface area contributed by atoms with E-state index in [0.29, 0.717) is 22.7 Å². The van der Waals surface area contributed by atoms with Gasteiger partial charge < -0.3 is 5.11 Å². The van der Waals surface area contributed by atoms with Crippen molar-refractivity contribution in [3.05, 3.63) is 0 Å². The Hall–Kier alpha value is -0.0400. The maximum Gasteiger partial charge on any atom is 0.0609 e. The van der Waals surface area contributed by atoms with Crippen LogP contribution in [0.3, 0.4) is 0 Å². The van der Waals surface area contributed by atoms with Gasteiger partial charge in [0, 0.05) is 0 Å². The van der Waals surface area contributed by atoms with Crippen LogP contribution >= 0.6 is 0 Å². The summed E-state index contributed by atoms with van der Waals surface area (Å²) in [6, 6.07) is 0. The quantitative estimate of drug-likeness (QED) is 0.779. The molecule has 17 heavy (non-hydrogen) atoms. The number of hydrogen-bond donors (Lipinski definition) is 1. The summed E-state index contributed by atoms with van der Waals surface area (Å²) in [6.07, 6.45) is 6.47. The van der Waals surface area contributed by atoms with Gasteiger partial charge in [0.05, 0.1) is 6.10 Å². The van der Waals surface area contributed by atoms with Gasteiger partial charge in [-0.3, -0.25) is 0 Å². The predicted molar refractivity (Wildman–Crippen MR) is 72.8 cm³/mol. The van der Waals surface area contributed by atoms with E-state index in [-0.39, 0.29) is 6.10 Å². The zero-order chi connectivity index (χ0) is 12.8. The summed E-state index contributed by atoms with van der Waals surface area (Å²) < 4.78 is 0. The van der Waals surface area contributed by atoms with Crippen LogP contribution in [-0.4, -0.2) is 11.2 Å². The lowest BCUT2D eigenvalue weighted by atomic mass is 9.73. The van der Waals surface area contributed by atoms with E-state index in [4.69, 9.17) is 0 Å². The Labute approximate surface area is 107 Å². The van der Waals surface area contributed by atoms with E-state index < -0.39 is 0 Å². The first-order chi connectivity index (χ1) is 7.84. The molecule has 0 saturated heterocycles. The molecule has 0 aromatic heterocycles. The molecule has 2 rings (SSSR count). The van der Waals surface area contributed by atoms with Crippen molar-refractivity contribution in [2.45, 2.75) is 72.8 Å². The van der Waals surface area contributed by atoms with Crippen LogP contribution < -0.4 is 0 Å². The Bertz CT molecular complexity index is 265. The third kappa shape index (κ3) is 1.95. The standard InChI is InChI=1S/C16H30O/c1-6-11-9-7-8-10-12(11)13(17)14-15(2,3)16(14,4)5/h11-14,17H,6-10H2,1-5H3. The molecular formula is C16H30O. The molecule has 0 amide bonds. The molecule has 0 aromatic rings. The molecule has 0 radical (unpaired) electrons. The zero-order valence-electron chi connectivity index (χ0n) is 12.3. The molecule has 3 unspecified atom stereocenters. The number of aliphatic hydroxyl groups is 1. The molecule has 2 saturated carbocycles. The van der Waals surface area contributed by atoms with Crippen LogP contribution in [0.4, 0.5) is 0 Å². The number of aliphatic hydroxyl groups excluding tert-OH is 1. The zero-order valence-corrected chi connectivity index (χ0v) is 12.3. The summed E-state index contributed by atoms with van der Waals surface area (Å²) in [5, 5.41) is 10.8. The van der Waals surface area contributed by atoms with Crippen LogP contribution in [0.1, 0.15) is 66.7 Å². The van der Waals surface area contributed by atoms with E-state index in [1.54, 1.807) is 0 Å². The van der Waals surface area contributed by atoms with E-state index in [1.807, 2.05) is 0 Å². The highest BCUT2D eigenvalue weighted by atomic mass is 16.3. The molecule has 0 heterocycles. The molecule has 0 spiro atoms. The first kappa shape index (κ1) is 13.4. The lowest BCUT2D eigenvalue weighted by Gasteiger charge is -2.35. The first-order valence-electron chi connectivity index (χ1n) is 7.52. The SMILES string of the molecule is CCC1CCCCC1C(O)C1C(C)(C)C1(C)C. The van der Waals surface area contributed by atoms with Gasteiger partial charge in [0.1, 0.15) is 0 Å². The van der Waals surface area contributed by atoms with Crippen LogP contribution in [0.5, 0.6) is 0 Å². The third-order valence-corrected chi connectivity index (χ3v) is 6.40. The average Bonchev–Trinajstić information content (AvgIpc) is 2.68. The Morgan fingerprint density at radius 3 is 2.06 bits per heavy atom. The molecule has 3 atom stereocenters. The Morgan fingerprint density at radius 2 is 1.59 bits per heavy atom. The highest BCUT2D eigenvalue weighted by Crippen LogP contribution is 2.70. The largest absolute Gasteiger partial charge is 0.392 e. The fourth-order valence-corrected chi connectivity index (χ4v) is 4.54. The van der Waals surface area contributed by atoms with Crippen LogP contribution in [0.25, 0.3) is 0 Å². The van der Waals surface area contributed by atoms with E-state index in [1.165, 1.54) is 32.1 Å². The molecule has 2 fully saturated rings. The molecule has 1 heteroatoms. The Morgan fingerprint density at radius 1 is 1.06 bits per heavy atom. The van der Waals surface area contributed by atoms with Crippen LogP contribution in [0, 0.1) is 28.6 Å². The second-order valence-electron chi connectivity index (χ2n) is 7.53. The van der Waals surface area contributed by atoms with Gasteiger partial charge >= 0.3 is 0 Å². The second kappa shape index (κ2) is 4.26. The van der Waals surface area contributed by atoms with Gasteiger partial charge in [-0.1, -0.05) is 60.3 Å². The van der Waals surface area contributed by atoms with Crippen molar-refractivity contribution in [1.29, 1.82) is 0 Å². The van der Waals surface area contributed by atoms with Crippen molar-refractivity contribution in [2.75, 3.05) is 0 Å². The van der Waals surface area contributed by atoms with Gasteiger partial charge in [-0.15, -0.1) is 0 Å². The molecule has 1 nitrogen and oxygen atoms in total. The minimum Gasteiger partial charge on any atom is -0.392 e. The summed E-state index contributed by atoms with van der Waals surface area (Å²) in [7, 11) is 0. The van der Waals surface area contributed by atoms with Gasteiger partial charge in [0.15, 0.2) is 0 Å². The minimum absolute atomic E-state index is 0.0646. The van der Waals surface area contributed by atoms with Crippen LogP contribution in [0.2, 0.25) is 0 Å². The fourth-order valence-electron chi connectivity index (χ4n) is 4.54. The first-order valence-corrected chi connectivity index (χ1v) is 7.52. The summed E-state index contributed by atoms with van der Waals surface area (Å²) in [4.78, 5) is 0. The van der Waals surface area contributed by atoms with Gasteiger partial charge in [-0.25, -0.2) is 0 Å². The molecule has 2 aliphatic carbocycles. The summed E-state index contributed by atoms with van der Waals surface area (Å²) in [5.74, 6) is 1.85. The van der Waals surface area contributed by atoms with Gasteiger partial charge in [-0.2, -0.15) is 0 Å². The van der Waals surface area contributed by atoms with E-state index >= 15 is 0 Å². The molecule has 1 N–H and O–H groups in total. The van der Waals surface area contributed by atoms with Crippen molar-refractivity contribution in [2.24, 2.45) is 28.6 Å². The normalized spacial score (nSPS) is 37.8. The maximum atomic E-state index is 10.8. The molecule has 0 aliphatic heterocycles. The molecule has 100 valence electrons. The van der Waals surface area contributed by atoms with Crippen molar-refractivity contribution in [1.82, 2.24) is 0 Å². The van der Waals surface area contributed by atoms with Crippen LogP contribution in [0.15, 0.2) is 0 Å². The number of rotatable bonds is 3. The Kier molecular flexibility index (Phi) is 3.36. The topological polar surface area (TPSA) is 20.2 Å². The lowest BCUT2D eigenvalue weighted by Crippen LogP contribution is -2.33. The van der Waals surface area contributed by atoms with Crippen molar-refractivity contribution >= 4 is 0 Å². The lowest BCUT2D eigenvalue weighted by molar-refractivity contribution is 0.0173. The Balaban J connectivity index is 2.07. The predicted octanol–water partition coefficient (Wildman–Crippen LogP) is 4.25. The van der Waals surface area contributed by atoms with Crippen LogP contribution in [-0.2, 0) is 0 Å². The molecule has 0 aromatic carbocycles. The smallest absolute Gasteiger partial charge is 0.0609 e. The third-order valence-electron chi connectivity index (χ3n) is 6.40. The van der Waals surface area contributed by atoms with Gasteiger partial charge in [-0.05, 0) is 35.0 Å². The summed E-state index contributed by atoms with van der Waals surface area (Å²) >= 11 is 0. The van der Waals surface area contributed by atoms with E-state index in [9.17, 15) is 5.11 Å². The van der Waals surface area contributed by atoms with Crippen molar-refractivity contribution in [3.8, 4) is 0 Å². The van der Waals surface area contributed by atoms with Gasteiger partial charge in [0.25, 0.3) is 0 Å². The molecule has 0 bridgehead atoms. The highest BCUT2D eigenvalue weighted by molar-refractivity contribution is 5.15. The maximum absolute atomic E-state index is 10.8. The minimum atomic E-state index is -0.0646.